The van der Waals surface area contributed by atoms with Crippen molar-refractivity contribution in [2.24, 2.45) is 0 Å². The van der Waals surface area contributed by atoms with Crippen molar-refractivity contribution in [2.45, 2.75) is 0 Å². The van der Waals surface area contributed by atoms with Crippen LogP contribution in [0.4, 0.5) is 21.5 Å². The summed E-state index contributed by atoms with van der Waals surface area (Å²) in [5.74, 6) is -1.49. The van der Waals surface area contributed by atoms with Crippen molar-refractivity contribution in [3.05, 3.63) is 105 Å². The number of carbonyl (C=O) groups excluding carboxylic acids is 2. The van der Waals surface area contributed by atoms with E-state index in [9.17, 15) is 24.1 Å². The van der Waals surface area contributed by atoms with E-state index in [1.54, 1.807) is 18.2 Å². The monoisotopic (exact) mass is 439 g/mol. The van der Waals surface area contributed by atoms with Gasteiger partial charge in [-0.3, -0.25) is 19.7 Å². The van der Waals surface area contributed by atoms with E-state index in [0.717, 1.165) is 6.07 Å². The molecule has 0 saturated heterocycles. The highest BCUT2D eigenvalue weighted by Crippen LogP contribution is 2.20. The van der Waals surface area contributed by atoms with Gasteiger partial charge in [0.25, 0.3) is 11.6 Å². The third kappa shape index (κ3) is 5.97. The number of nitrogens with zero attached hydrogens (tertiary/aromatic N) is 1. The number of non-ortho nitro benzene ring substituents is 1. The van der Waals surface area contributed by atoms with Crippen LogP contribution < -0.4 is 10.6 Å². The van der Waals surface area contributed by atoms with E-state index in [1.165, 1.54) is 54.6 Å². The molecule has 0 unspecified atom stereocenters. The van der Waals surface area contributed by atoms with Gasteiger partial charge >= 0.3 is 0 Å². The summed E-state index contributed by atoms with van der Waals surface area (Å²) >= 11 is 5.71. The van der Waals surface area contributed by atoms with Gasteiger partial charge in [0.2, 0.25) is 5.91 Å². The lowest BCUT2D eigenvalue weighted by Crippen LogP contribution is -2.13. The molecule has 0 aromatic heterocycles. The van der Waals surface area contributed by atoms with Crippen molar-refractivity contribution in [2.75, 3.05) is 10.6 Å². The predicted octanol–water partition coefficient (Wildman–Crippen LogP) is 5.29. The Bertz CT molecular complexity index is 1180. The van der Waals surface area contributed by atoms with E-state index in [4.69, 9.17) is 11.6 Å². The first-order chi connectivity index (χ1) is 14.8. The number of hydrogen-bond acceptors (Lipinski definition) is 4. The zero-order chi connectivity index (χ0) is 22.4. The average molecular weight is 440 g/mol. The summed E-state index contributed by atoms with van der Waals surface area (Å²) in [5, 5.41) is 15.8. The van der Waals surface area contributed by atoms with Gasteiger partial charge in [-0.1, -0.05) is 17.7 Å². The number of rotatable bonds is 6. The SMILES string of the molecule is O=C(/C=C/c1ccc([N+](=O)[O-])cc1)Nc1cccc(C(=O)Nc2ccc(F)c(Cl)c2)c1. The molecule has 0 atom stereocenters. The van der Waals surface area contributed by atoms with E-state index >= 15 is 0 Å². The Morgan fingerprint density at radius 3 is 2.35 bits per heavy atom. The second-order valence-corrected chi connectivity index (χ2v) is 6.74. The minimum Gasteiger partial charge on any atom is -0.322 e. The van der Waals surface area contributed by atoms with Crippen LogP contribution in [0.5, 0.6) is 0 Å². The third-order valence-corrected chi connectivity index (χ3v) is 4.39. The number of nitro groups is 1. The summed E-state index contributed by atoms with van der Waals surface area (Å²) in [6.07, 6.45) is 2.78. The van der Waals surface area contributed by atoms with E-state index in [-0.39, 0.29) is 16.3 Å². The Balaban J connectivity index is 1.63. The predicted molar refractivity (Wildman–Crippen MR) is 117 cm³/mol. The van der Waals surface area contributed by atoms with E-state index in [1.807, 2.05) is 0 Å². The van der Waals surface area contributed by atoms with Crippen LogP contribution in [-0.4, -0.2) is 16.7 Å². The minimum atomic E-state index is -0.592. The molecule has 0 bridgehead atoms. The molecule has 7 nitrogen and oxygen atoms in total. The second kappa shape index (κ2) is 9.64. The smallest absolute Gasteiger partial charge is 0.269 e. The average Bonchev–Trinajstić information content (AvgIpc) is 2.75. The second-order valence-electron chi connectivity index (χ2n) is 6.34. The topological polar surface area (TPSA) is 101 Å². The molecule has 0 heterocycles. The summed E-state index contributed by atoms with van der Waals surface area (Å²) in [6.45, 7) is 0. The fourth-order valence-corrected chi connectivity index (χ4v) is 2.76. The molecule has 3 aromatic carbocycles. The number of benzene rings is 3. The van der Waals surface area contributed by atoms with Crippen LogP contribution in [0.2, 0.25) is 5.02 Å². The van der Waals surface area contributed by atoms with Gasteiger partial charge in [-0.05, 0) is 60.2 Å². The number of hydrogen-bond donors (Lipinski definition) is 2. The molecule has 0 radical (unpaired) electrons. The Kier molecular flexibility index (Phi) is 6.74. The van der Waals surface area contributed by atoms with Gasteiger partial charge in [-0.2, -0.15) is 0 Å². The fraction of sp³-hybridized carbons (Fsp3) is 0. The van der Waals surface area contributed by atoms with Crippen LogP contribution in [-0.2, 0) is 4.79 Å². The molecule has 0 spiro atoms. The lowest BCUT2D eigenvalue weighted by atomic mass is 10.1. The Labute approximate surface area is 181 Å². The highest BCUT2D eigenvalue weighted by molar-refractivity contribution is 6.31. The van der Waals surface area contributed by atoms with E-state index < -0.39 is 22.6 Å². The van der Waals surface area contributed by atoms with Gasteiger partial charge in [0.05, 0.1) is 9.95 Å². The Hall–Kier alpha value is -4.04. The number of carbonyl (C=O) groups is 2. The lowest BCUT2D eigenvalue weighted by Gasteiger charge is -2.08. The zero-order valence-corrected chi connectivity index (χ0v) is 16.6. The zero-order valence-electron chi connectivity index (χ0n) is 15.8. The van der Waals surface area contributed by atoms with Crippen LogP contribution >= 0.6 is 11.6 Å². The fourth-order valence-electron chi connectivity index (χ4n) is 2.58. The molecule has 31 heavy (non-hydrogen) atoms. The van der Waals surface area contributed by atoms with Crippen molar-refractivity contribution in [1.82, 2.24) is 0 Å². The van der Waals surface area contributed by atoms with Gasteiger partial charge in [-0.15, -0.1) is 0 Å². The van der Waals surface area contributed by atoms with Crippen LogP contribution in [0.1, 0.15) is 15.9 Å². The van der Waals surface area contributed by atoms with Crippen molar-refractivity contribution in [3.8, 4) is 0 Å². The number of halogens is 2. The summed E-state index contributed by atoms with van der Waals surface area (Å²) in [6, 6.07) is 15.8. The van der Waals surface area contributed by atoms with E-state index in [2.05, 4.69) is 10.6 Å². The van der Waals surface area contributed by atoms with Gasteiger partial charge in [0.1, 0.15) is 5.82 Å². The number of nitrogens with one attached hydrogen (secondary N) is 2. The third-order valence-electron chi connectivity index (χ3n) is 4.10. The van der Waals surface area contributed by atoms with Crippen molar-refractivity contribution in [1.29, 1.82) is 0 Å². The van der Waals surface area contributed by atoms with Crippen LogP contribution in [0.25, 0.3) is 6.08 Å². The van der Waals surface area contributed by atoms with Gasteiger partial charge in [-0.25, -0.2) is 4.39 Å². The normalized spacial score (nSPS) is 10.6. The molecule has 9 heteroatoms. The number of nitro benzene ring substituents is 1. The van der Waals surface area contributed by atoms with Gasteiger partial charge < -0.3 is 10.6 Å². The molecule has 0 aliphatic rings. The summed E-state index contributed by atoms with van der Waals surface area (Å²) in [4.78, 5) is 34.7. The van der Waals surface area contributed by atoms with Gasteiger partial charge in [0, 0.05) is 35.1 Å². The summed E-state index contributed by atoms with van der Waals surface area (Å²) < 4.78 is 13.2. The molecule has 0 saturated carbocycles. The first kappa shape index (κ1) is 21.7. The molecule has 156 valence electrons. The number of amides is 2. The Morgan fingerprint density at radius 2 is 1.68 bits per heavy atom. The lowest BCUT2D eigenvalue weighted by molar-refractivity contribution is -0.384. The quantitative estimate of drug-likeness (QED) is 0.309. The molecule has 0 fully saturated rings. The standard InChI is InChI=1S/C22H15ClFN3O4/c23-19-13-17(7-10-20(19)24)26-22(29)15-2-1-3-16(12-15)25-21(28)11-6-14-4-8-18(9-5-14)27(30)31/h1-13H,(H,25,28)(H,26,29)/b11-6+. The van der Waals surface area contributed by atoms with Crippen molar-refractivity contribution >= 4 is 46.6 Å². The number of anilines is 2. The molecule has 2 amide bonds. The largest absolute Gasteiger partial charge is 0.322 e. The molecule has 0 aliphatic carbocycles. The summed E-state index contributed by atoms with van der Waals surface area (Å²) in [5.41, 5.74) is 1.57. The van der Waals surface area contributed by atoms with E-state index in [0.29, 0.717) is 16.9 Å². The maximum Gasteiger partial charge on any atom is 0.269 e. The highest BCUT2D eigenvalue weighted by atomic mass is 35.5. The minimum absolute atomic E-state index is 0.0420. The first-order valence-corrected chi connectivity index (χ1v) is 9.29. The Morgan fingerprint density at radius 1 is 0.968 bits per heavy atom. The molecular formula is C22H15ClFN3O4. The summed E-state index contributed by atoms with van der Waals surface area (Å²) in [7, 11) is 0. The maximum atomic E-state index is 13.2. The molecule has 2 N–H and O–H groups in total. The van der Waals surface area contributed by atoms with Crippen molar-refractivity contribution < 1.29 is 18.9 Å². The van der Waals surface area contributed by atoms with Crippen LogP contribution in [0.3, 0.4) is 0 Å². The highest BCUT2D eigenvalue weighted by Gasteiger charge is 2.09. The van der Waals surface area contributed by atoms with Gasteiger partial charge in [0.15, 0.2) is 0 Å². The first-order valence-electron chi connectivity index (χ1n) is 8.92. The molecule has 0 aliphatic heterocycles. The van der Waals surface area contributed by atoms with Crippen molar-refractivity contribution in [3.63, 3.8) is 0 Å². The molecule has 3 rings (SSSR count). The molecule has 3 aromatic rings. The van der Waals surface area contributed by atoms with Crippen LogP contribution in [0.15, 0.2) is 72.8 Å². The van der Waals surface area contributed by atoms with Crippen LogP contribution in [0, 0.1) is 15.9 Å². The maximum absolute atomic E-state index is 13.2. The molecular weight excluding hydrogens is 425 g/mol.